The van der Waals surface area contributed by atoms with Gasteiger partial charge in [0, 0.05) is 17.7 Å². The van der Waals surface area contributed by atoms with E-state index in [0.717, 1.165) is 0 Å². The normalized spacial score (nSPS) is 11.5. The summed E-state index contributed by atoms with van der Waals surface area (Å²) in [6.07, 6.45) is 0.239. The van der Waals surface area contributed by atoms with Crippen molar-refractivity contribution in [2.75, 3.05) is 13.7 Å². The number of rotatable bonds is 6. The van der Waals surface area contributed by atoms with Gasteiger partial charge >= 0.3 is 0 Å². The standard InChI is InChI=1S/C14H20ClNO4S/c1-9(2)11-8-12(20-6-5-14(17)16-4)10(3)7-13(11)21(15,18)19/h7-9H,5-6H2,1-4H3,(H,16,17). The molecule has 0 saturated carbocycles. The molecule has 0 spiro atoms. The number of carbonyl (C=O) groups excluding carboxylic acids is 1. The maximum atomic E-state index is 11.6. The first-order valence-corrected chi connectivity index (χ1v) is 8.90. The molecule has 5 nitrogen and oxygen atoms in total. The van der Waals surface area contributed by atoms with E-state index in [4.69, 9.17) is 15.4 Å². The molecule has 0 aliphatic heterocycles. The van der Waals surface area contributed by atoms with Crippen LogP contribution in [0.15, 0.2) is 17.0 Å². The zero-order chi connectivity index (χ0) is 16.2. The van der Waals surface area contributed by atoms with Crippen LogP contribution in [0.5, 0.6) is 5.75 Å². The molecule has 1 N–H and O–H groups in total. The summed E-state index contributed by atoms with van der Waals surface area (Å²) < 4.78 is 28.8. The van der Waals surface area contributed by atoms with Crippen molar-refractivity contribution in [3.05, 3.63) is 23.3 Å². The second-order valence-corrected chi connectivity index (χ2v) is 7.55. The molecule has 118 valence electrons. The van der Waals surface area contributed by atoms with E-state index >= 15 is 0 Å². The molecule has 1 aromatic carbocycles. The lowest BCUT2D eigenvalue weighted by atomic mass is 10.0. The highest BCUT2D eigenvalue weighted by atomic mass is 35.7. The highest BCUT2D eigenvalue weighted by Crippen LogP contribution is 2.32. The Labute approximate surface area is 130 Å². The fourth-order valence-corrected chi connectivity index (χ4v) is 3.17. The topological polar surface area (TPSA) is 72.5 Å². The van der Waals surface area contributed by atoms with Crippen molar-refractivity contribution in [1.29, 1.82) is 0 Å². The summed E-state index contributed by atoms with van der Waals surface area (Å²) in [5.74, 6) is 0.429. The van der Waals surface area contributed by atoms with Gasteiger partial charge in [-0.15, -0.1) is 0 Å². The highest BCUT2D eigenvalue weighted by molar-refractivity contribution is 8.13. The number of carbonyl (C=O) groups is 1. The number of ether oxygens (including phenoxy) is 1. The van der Waals surface area contributed by atoms with Gasteiger partial charge in [-0.25, -0.2) is 8.42 Å². The van der Waals surface area contributed by atoms with Crippen molar-refractivity contribution >= 4 is 25.6 Å². The fourth-order valence-electron chi connectivity index (χ4n) is 1.87. The summed E-state index contributed by atoms with van der Waals surface area (Å²) in [4.78, 5) is 11.3. The van der Waals surface area contributed by atoms with Crippen molar-refractivity contribution in [1.82, 2.24) is 5.32 Å². The molecule has 1 aromatic rings. The Morgan fingerprint density at radius 2 is 2.00 bits per heavy atom. The van der Waals surface area contributed by atoms with Crippen LogP contribution in [0, 0.1) is 6.92 Å². The Balaban J connectivity index is 3.08. The minimum Gasteiger partial charge on any atom is -0.493 e. The minimum atomic E-state index is -3.80. The van der Waals surface area contributed by atoms with Gasteiger partial charge in [-0.3, -0.25) is 4.79 Å². The molecule has 0 heterocycles. The number of hydrogen-bond donors (Lipinski definition) is 1. The molecule has 0 atom stereocenters. The van der Waals surface area contributed by atoms with E-state index in [9.17, 15) is 13.2 Å². The van der Waals surface area contributed by atoms with Crippen LogP contribution in [0.25, 0.3) is 0 Å². The van der Waals surface area contributed by atoms with Crippen LogP contribution in [0.2, 0.25) is 0 Å². The highest BCUT2D eigenvalue weighted by Gasteiger charge is 2.20. The second-order valence-electron chi connectivity index (χ2n) is 5.02. The SMILES string of the molecule is CNC(=O)CCOc1cc(C(C)C)c(S(=O)(=O)Cl)cc1C. The molecular formula is C14H20ClNO4S. The Morgan fingerprint density at radius 3 is 2.48 bits per heavy atom. The average Bonchev–Trinajstić information content (AvgIpc) is 2.38. The van der Waals surface area contributed by atoms with Crippen molar-refractivity contribution in [3.63, 3.8) is 0 Å². The lowest BCUT2D eigenvalue weighted by Gasteiger charge is -2.16. The molecule has 1 amide bonds. The number of benzene rings is 1. The summed E-state index contributed by atoms with van der Waals surface area (Å²) in [5.41, 5.74) is 1.26. The zero-order valence-electron chi connectivity index (χ0n) is 12.6. The van der Waals surface area contributed by atoms with Crippen LogP contribution in [0.4, 0.5) is 0 Å². The zero-order valence-corrected chi connectivity index (χ0v) is 14.1. The van der Waals surface area contributed by atoms with Gasteiger partial charge in [0.25, 0.3) is 9.05 Å². The van der Waals surface area contributed by atoms with Gasteiger partial charge in [0.2, 0.25) is 5.91 Å². The summed E-state index contributed by atoms with van der Waals surface area (Å²) in [7, 11) is 3.23. The molecule has 1 rings (SSSR count). The maximum Gasteiger partial charge on any atom is 0.261 e. The lowest BCUT2D eigenvalue weighted by Crippen LogP contribution is -2.20. The monoisotopic (exact) mass is 333 g/mol. The molecule has 0 fully saturated rings. The molecule has 21 heavy (non-hydrogen) atoms. The first kappa shape index (κ1) is 17.8. The van der Waals surface area contributed by atoms with Crippen LogP contribution >= 0.6 is 10.7 Å². The quantitative estimate of drug-likeness (QED) is 0.812. The van der Waals surface area contributed by atoms with Crippen molar-refractivity contribution in [3.8, 4) is 5.75 Å². The number of halogens is 1. The third kappa shape index (κ3) is 4.89. The third-order valence-corrected chi connectivity index (χ3v) is 4.44. The Hall–Kier alpha value is -1.27. The van der Waals surface area contributed by atoms with Crippen LogP contribution in [-0.4, -0.2) is 28.0 Å². The van der Waals surface area contributed by atoms with E-state index in [2.05, 4.69) is 5.32 Å². The molecule has 0 aliphatic rings. The van der Waals surface area contributed by atoms with Crippen molar-refractivity contribution < 1.29 is 17.9 Å². The maximum absolute atomic E-state index is 11.6. The van der Waals surface area contributed by atoms with Gasteiger partial charge in [-0.2, -0.15) is 0 Å². The van der Waals surface area contributed by atoms with E-state index in [0.29, 0.717) is 16.9 Å². The number of amides is 1. The predicted octanol–water partition coefficient (Wildman–Crippen LogP) is 2.56. The first-order chi connectivity index (χ1) is 9.66. The average molecular weight is 334 g/mol. The Morgan fingerprint density at radius 1 is 1.38 bits per heavy atom. The van der Waals surface area contributed by atoms with Gasteiger partial charge < -0.3 is 10.1 Å². The molecule has 0 unspecified atom stereocenters. The van der Waals surface area contributed by atoms with Crippen LogP contribution in [-0.2, 0) is 13.8 Å². The summed E-state index contributed by atoms with van der Waals surface area (Å²) in [5, 5.41) is 2.51. The summed E-state index contributed by atoms with van der Waals surface area (Å²) >= 11 is 0. The van der Waals surface area contributed by atoms with Crippen molar-refractivity contribution in [2.45, 2.75) is 38.0 Å². The molecule has 0 bridgehead atoms. The fraction of sp³-hybridized carbons (Fsp3) is 0.500. The van der Waals surface area contributed by atoms with Gasteiger partial charge in [-0.05, 0) is 36.1 Å². The van der Waals surface area contributed by atoms with E-state index in [1.54, 1.807) is 20.0 Å². The number of aryl methyl sites for hydroxylation is 1. The van der Waals surface area contributed by atoms with E-state index in [1.807, 2.05) is 13.8 Å². The second kappa shape index (κ2) is 7.13. The predicted molar refractivity (Wildman–Crippen MR) is 82.5 cm³/mol. The molecular weight excluding hydrogens is 314 g/mol. The van der Waals surface area contributed by atoms with Crippen molar-refractivity contribution in [2.24, 2.45) is 0 Å². The van der Waals surface area contributed by atoms with Gasteiger partial charge in [0.05, 0.1) is 17.9 Å². The van der Waals surface area contributed by atoms with E-state index in [-0.39, 0.29) is 29.7 Å². The van der Waals surface area contributed by atoms with Crippen LogP contribution in [0.3, 0.4) is 0 Å². The Bertz CT molecular complexity index is 626. The van der Waals surface area contributed by atoms with Gasteiger partial charge in [0.15, 0.2) is 0 Å². The third-order valence-electron chi connectivity index (χ3n) is 3.06. The van der Waals surface area contributed by atoms with Crippen LogP contribution in [0.1, 0.15) is 37.3 Å². The first-order valence-electron chi connectivity index (χ1n) is 6.59. The van der Waals surface area contributed by atoms with Gasteiger partial charge in [0.1, 0.15) is 5.75 Å². The lowest BCUT2D eigenvalue weighted by molar-refractivity contribution is -0.121. The summed E-state index contributed by atoms with van der Waals surface area (Å²) in [6, 6.07) is 3.19. The smallest absolute Gasteiger partial charge is 0.261 e. The molecule has 0 radical (unpaired) electrons. The Kier molecular flexibility index (Phi) is 6.04. The summed E-state index contributed by atoms with van der Waals surface area (Å²) in [6.45, 7) is 5.73. The van der Waals surface area contributed by atoms with E-state index in [1.165, 1.54) is 6.07 Å². The number of hydrogen-bond acceptors (Lipinski definition) is 4. The molecule has 0 saturated heterocycles. The molecule has 0 aliphatic carbocycles. The minimum absolute atomic E-state index is 0.0181. The van der Waals surface area contributed by atoms with E-state index < -0.39 is 9.05 Å². The molecule has 0 aromatic heterocycles. The largest absolute Gasteiger partial charge is 0.493 e. The van der Waals surface area contributed by atoms with Crippen LogP contribution < -0.4 is 10.1 Å². The van der Waals surface area contributed by atoms with Gasteiger partial charge in [-0.1, -0.05) is 13.8 Å². The number of nitrogens with one attached hydrogen (secondary N) is 1. The molecule has 7 heteroatoms.